The van der Waals surface area contributed by atoms with Crippen molar-refractivity contribution < 1.29 is 14.6 Å². The number of halogens is 2. The number of methoxy groups -OCH3 is 2. The van der Waals surface area contributed by atoms with Crippen molar-refractivity contribution in [2.75, 3.05) is 14.2 Å². The van der Waals surface area contributed by atoms with Crippen LogP contribution < -0.4 is 9.47 Å². The summed E-state index contributed by atoms with van der Waals surface area (Å²) in [6.07, 6.45) is 0. The van der Waals surface area contributed by atoms with Crippen molar-refractivity contribution in [3.8, 4) is 22.1 Å². The molecular formula is C10H12Cl2N3O3S+. The zero-order valence-corrected chi connectivity index (χ0v) is 12.4. The molecule has 0 aliphatic carbocycles. The van der Waals surface area contributed by atoms with Gasteiger partial charge in [-0.3, -0.25) is 5.10 Å². The molecule has 1 heterocycles. The van der Waals surface area contributed by atoms with Gasteiger partial charge in [-0.25, -0.2) is 0 Å². The zero-order valence-electron chi connectivity index (χ0n) is 10.1. The second-order valence-corrected chi connectivity index (χ2v) is 5.77. The molecule has 0 saturated heterocycles. The Morgan fingerprint density at radius 3 is 2.32 bits per heavy atom. The Hall–Kier alpha value is -1.44. The predicted octanol–water partition coefficient (Wildman–Crippen LogP) is 3.39. The van der Waals surface area contributed by atoms with Gasteiger partial charge in [-0.15, -0.1) is 0 Å². The Balaban J connectivity index is 2.61. The number of ether oxygens (including phenoxy) is 2. The highest BCUT2D eigenvalue weighted by atomic mass is 35.5. The van der Waals surface area contributed by atoms with Crippen LogP contribution in [0, 0.1) is 0 Å². The van der Waals surface area contributed by atoms with Crippen LogP contribution in [0.4, 0.5) is 0 Å². The van der Waals surface area contributed by atoms with Crippen molar-refractivity contribution in [1.82, 2.24) is 13.9 Å². The van der Waals surface area contributed by atoms with Crippen molar-refractivity contribution in [2.45, 2.75) is 0 Å². The van der Waals surface area contributed by atoms with Gasteiger partial charge < -0.3 is 14.6 Å². The Morgan fingerprint density at radius 1 is 1.26 bits per heavy atom. The number of phenolic OH excluding ortho intramolecular Hbond substituents is 1. The maximum absolute atomic E-state index is 9.86. The number of hydrogen-bond acceptors (Lipinski definition) is 3. The normalized spacial score (nSPS) is 11.3. The number of nitrogens with one attached hydrogen (secondary N) is 2. The minimum Gasteiger partial charge on any atom is -0.502 e. The van der Waals surface area contributed by atoms with Gasteiger partial charge in [0.05, 0.1) is 26.0 Å². The molecule has 2 aromatic rings. The Morgan fingerprint density at radius 2 is 1.84 bits per heavy atom. The van der Waals surface area contributed by atoms with Gasteiger partial charge >= 0.3 is 0 Å². The highest BCUT2D eigenvalue weighted by Gasteiger charge is 2.19. The van der Waals surface area contributed by atoms with Crippen LogP contribution in [-0.2, 0) is 0 Å². The van der Waals surface area contributed by atoms with E-state index in [0.29, 0.717) is 16.7 Å². The second-order valence-electron chi connectivity index (χ2n) is 3.46. The summed E-state index contributed by atoms with van der Waals surface area (Å²) in [7, 11) is 2.35. The van der Waals surface area contributed by atoms with Crippen molar-refractivity contribution in [1.29, 1.82) is 0 Å². The maximum atomic E-state index is 9.86. The van der Waals surface area contributed by atoms with E-state index >= 15 is 0 Å². The zero-order chi connectivity index (χ0) is 14.0. The van der Waals surface area contributed by atoms with Gasteiger partial charge in [0.1, 0.15) is 10.7 Å². The number of aromatic nitrogens is 3. The van der Waals surface area contributed by atoms with Gasteiger partial charge in [0.25, 0.3) is 0 Å². The number of benzene rings is 1. The van der Waals surface area contributed by atoms with Crippen molar-refractivity contribution in [2.24, 2.45) is 0 Å². The lowest BCUT2D eigenvalue weighted by Crippen LogP contribution is -1.96. The third-order valence-corrected chi connectivity index (χ3v) is 4.50. The molecule has 0 amide bonds. The van der Waals surface area contributed by atoms with Gasteiger partial charge in [-0.2, -0.15) is 0 Å². The van der Waals surface area contributed by atoms with Crippen LogP contribution in [0.15, 0.2) is 17.5 Å². The lowest BCUT2D eigenvalue weighted by molar-refractivity contribution is 0.340. The largest absolute Gasteiger partial charge is 0.502 e. The number of rotatable bonds is 3. The summed E-state index contributed by atoms with van der Waals surface area (Å²) in [5.74, 6) is 0.575. The standard InChI is InChI=1S/C10H11Cl2N3O3S/c1-17-7-3-6(4-8(18-2)10(7)16)19-5-9(11)13-15(12)14-19/h3-5,13-14H,1-2H3/p+1. The monoisotopic (exact) mass is 324 g/mol. The smallest absolute Gasteiger partial charge is 0.210 e. The van der Waals surface area contributed by atoms with Crippen LogP contribution in [0.2, 0.25) is 5.15 Å². The minimum atomic E-state index is -0.584. The van der Waals surface area contributed by atoms with Crippen molar-refractivity contribution >= 4 is 34.0 Å². The van der Waals surface area contributed by atoms with E-state index in [2.05, 4.69) is 9.59 Å². The molecule has 0 spiro atoms. The van der Waals surface area contributed by atoms with E-state index in [1.807, 2.05) is 0 Å². The Kier molecular flexibility index (Phi) is 4.18. The number of phenols is 1. The first kappa shape index (κ1) is 14.0. The fraction of sp³-hybridized carbons (Fsp3) is 0.200. The quantitative estimate of drug-likeness (QED) is 0.757. The van der Waals surface area contributed by atoms with E-state index < -0.39 is 10.7 Å². The van der Waals surface area contributed by atoms with E-state index in [1.165, 1.54) is 14.2 Å². The van der Waals surface area contributed by atoms with Gasteiger partial charge in [0.15, 0.2) is 16.7 Å². The summed E-state index contributed by atoms with van der Waals surface area (Å²) in [5.41, 5.74) is 0. The third-order valence-electron chi connectivity index (χ3n) is 2.31. The maximum Gasteiger partial charge on any atom is 0.210 e. The molecule has 1 unspecified atom stereocenters. The number of hydrogen-bond donors (Lipinski definition) is 3. The average molecular weight is 325 g/mol. The average Bonchev–Trinajstić information content (AvgIpc) is 2.37. The van der Waals surface area contributed by atoms with Crippen molar-refractivity contribution in [3.05, 3.63) is 22.7 Å². The predicted molar refractivity (Wildman–Crippen MR) is 75.6 cm³/mol. The van der Waals surface area contributed by atoms with Gasteiger partial charge in [0, 0.05) is 12.1 Å². The van der Waals surface area contributed by atoms with Crippen LogP contribution in [0.3, 0.4) is 0 Å². The molecule has 2 rings (SSSR count). The lowest BCUT2D eigenvalue weighted by atomic mass is 10.3. The number of H-pyrrole nitrogens is 2. The van der Waals surface area contributed by atoms with Crippen molar-refractivity contribution in [3.63, 3.8) is 0 Å². The lowest BCUT2D eigenvalue weighted by Gasteiger charge is -2.08. The molecule has 3 N–H and O–H groups in total. The van der Waals surface area contributed by atoms with Crippen LogP contribution in [-0.4, -0.2) is 33.2 Å². The molecule has 1 aromatic heterocycles. The summed E-state index contributed by atoms with van der Waals surface area (Å²) >= 11 is 11.7. The highest BCUT2D eigenvalue weighted by molar-refractivity contribution is 7.33. The fourth-order valence-corrected chi connectivity index (χ4v) is 3.43. The van der Waals surface area contributed by atoms with E-state index in [4.69, 9.17) is 32.9 Å². The van der Waals surface area contributed by atoms with E-state index in [9.17, 15) is 5.11 Å². The SMILES string of the molecule is COc1cc(-[s+]2cc(Cl)[nH]n(Cl)[nH]2)cc(OC)c1O. The van der Waals surface area contributed by atoms with Gasteiger partial charge in [-0.1, -0.05) is 20.4 Å². The Bertz CT molecular complexity index is 582. The molecule has 6 nitrogen and oxygen atoms in total. The molecule has 0 bridgehead atoms. The summed E-state index contributed by atoms with van der Waals surface area (Å²) < 4.78 is 14.3. The molecule has 0 aliphatic heterocycles. The molecule has 0 radical (unpaired) electrons. The summed E-state index contributed by atoms with van der Waals surface area (Å²) in [6.45, 7) is 0. The minimum absolute atomic E-state index is 0.0507. The Labute approximate surface area is 122 Å². The van der Waals surface area contributed by atoms with E-state index in [0.717, 1.165) is 9.21 Å². The van der Waals surface area contributed by atoms with Crippen LogP contribution in [0.1, 0.15) is 0 Å². The number of aromatic amines is 2. The molecule has 104 valence electrons. The van der Waals surface area contributed by atoms with Crippen LogP contribution in [0.25, 0.3) is 4.90 Å². The summed E-state index contributed by atoms with van der Waals surface area (Å²) in [6, 6.07) is 3.37. The van der Waals surface area contributed by atoms with E-state index in [-0.39, 0.29) is 5.75 Å². The first-order chi connectivity index (χ1) is 9.05. The summed E-state index contributed by atoms with van der Waals surface area (Å²) in [5, 5.41) is 14.7. The highest BCUT2D eigenvalue weighted by Crippen LogP contribution is 2.42. The molecule has 9 heteroatoms. The van der Waals surface area contributed by atoms with Crippen LogP contribution >= 0.6 is 34.0 Å². The van der Waals surface area contributed by atoms with Gasteiger partial charge in [-0.05, 0) is 0 Å². The molecule has 1 atom stereocenters. The first-order valence-corrected chi connectivity index (χ1v) is 7.09. The fourth-order valence-electron chi connectivity index (χ4n) is 1.48. The molecule has 1 aromatic carbocycles. The van der Waals surface area contributed by atoms with E-state index in [1.54, 1.807) is 17.5 Å². The van der Waals surface area contributed by atoms with Crippen LogP contribution in [0.5, 0.6) is 17.2 Å². The third kappa shape index (κ3) is 2.94. The molecular weight excluding hydrogens is 313 g/mol. The topological polar surface area (TPSA) is 75.2 Å². The molecule has 0 fully saturated rings. The summed E-state index contributed by atoms with van der Waals surface area (Å²) in [4.78, 5) is 0.803. The number of aromatic hydroxyl groups is 1. The second kappa shape index (κ2) is 5.68. The molecule has 0 aliphatic rings. The number of nitrogens with zero attached hydrogens (tertiary/aromatic N) is 1. The molecule has 19 heavy (non-hydrogen) atoms. The molecule has 0 saturated carbocycles. The first-order valence-electron chi connectivity index (χ1n) is 5.09. The van der Waals surface area contributed by atoms with Gasteiger partial charge in [0.2, 0.25) is 16.0 Å².